The number of aliphatic hydroxyl groups is 2. The number of nitrogens with one attached hydrogen (secondary N) is 5. The largest absolute Gasteiger partial charge is 0.508 e. The number of phenolic OH excluding ortho intramolecular Hbond substituents is 6. The van der Waals surface area contributed by atoms with Gasteiger partial charge in [0.1, 0.15) is 124 Å². The number of carbonyl (C=O) groups excluding carboxylic acids is 2. The molecule has 6 heterocycles. The molecule has 685 valence electrons. The van der Waals surface area contributed by atoms with Crippen molar-refractivity contribution in [1.82, 2.24) is 24.5 Å². The summed E-state index contributed by atoms with van der Waals surface area (Å²) < 4.78 is 5.90. The SMILES string of the molecule is Cn1cc[n+](C)c1N=Nc1ccc(Nc2ccc(Nc3cccc[n+]3C)cc2)cc1.N/C=N\N.N/C=N\N.N=CN=Nc1ccc(O)cc1O.N=CN=Nc1ccc(O)cc1O.NNc1ncc([N+](=O)[O-])s1.O.O.O.O=C1C=CC(=NN=c2[n-]cc([N+](=O)[O-])s2)C(O)=C1.O=C1C=CC(=NN=c2[n-]cc([N+](=O)[O-])s2)C(O)=C1.O=[N+]([O-])c1cnc(N=Nc2ccc(O)cc2O)s1.[Co]. The van der Waals surface area contributed by atoms with Gasteiger partial charge in [0, 0.05) is 91.7 Å². The molecule has 0 saturated heterocycles. The van der Waals surface area contributed by atoms with E-state index in [9.17, 15) is 65.4 Å². The Labute approximate surface area is 754 Å². The summed E-state index contributed by atoms with van der Waals surface area (Å²) in [4.78, 5) is 75.6. The topological polar surface area (TPSA) is 917 Å². The second-order valence-electron chi connectivity index (χ2n) is 22.4. The van der Waals surface area contributed by atoms with Crippen molar-refractivity contribution in [1.29, 1.82) is 10.8 Å². The Hall–Kier alpha value is -17.8. The van der Waals surface area contributed by atoms with Crippen LogP contribution in [0.4, 0.5) is 81.8 Å². The van der Waals surface area contributed by atoms with E-state index in [1.807, 2.05) is 108 Å². The number of phenols is 6. The fraction of sp³-hybridized carbons (Fsp3) is 0.0435. The number of aliphatic hydroxyl groups excluding tert-OH is 2. The molecule has 6 aromatic heterocycles. The van der Waals surface area contributed by atoms with Crippen molar-refractivity contribution in [2.45, 2.75) is 0 Å². The number of hydrogen-bond acceptors (Lipinski definition) is 44. The molecule has 0 amide bonds. The molecule has 0 unspecified atom stereocenters. The third-order valence-corrected chi connectivity index (χ3v) is 17.0. The summed E-state index contributed by atoms with van der Waals surface area (Å²) in [5.41, 5.74) is 16.0. The van der Waals surface area contributed by atoms with E-state index in [1.165, 1.54) is 60.7 Å². The number of carbonyl (C=O) groups is 2. The van der Waals surface area contributed by atoms with Crippen LogP contribution in [0.25, 0.3) is 0 Å². The Balaban J connectivity index is 0.000000763. The van der Waals surface area contributed by atoms with Gasteiger partial charge in [-0.25, -0.2) is 34.8 Å². The van der Waals surface area contributed by atoms with Gasteiger partial charge in [0.25, 0.3) is 5.82 Å². The smallest absolute Gasteiger partial charge is 0.421 e. The number of hydrazone groups is 2. The van der Waals surface area contributed by atoms with Crippen LogP contribution in [0.5, 0.6) is 34.5 Å². The molecule has 0 bridgehead atoms. The fourth-order valence-electron chi connectivity index (χ4n) is 8.06. The molecule has 11 aromatic rings. The van der Waals surface area contributed by atoms with Crippen molar-refractivity contribution < 1.29 is 112 Å². The molecule has 2 aliphatic rings. The number of nitrogens with two attached hydrogens (primary N) is 5. The first-order chi connectivity index (χ1) is 60.3. The van der Waals surface area contributed by atoms with Gasteiger partial charge in [-0.1, -0.05) is 33.9 Å². The number of pyridine rings is 1. The van der Waals surface area contributed by atoms with E-state index in [1.54, 1.807) is 0 Å². The number of thiazole rings is 4. The average Bonchev–Trinajstić information content (AvgIpc) is 1.83. The zero-order valence-electron chi connectivity index (χ0n) is 66.6. The number of nitro groups is 4. The van der Waals surface area contributed by atoms with E-state index in [-0.39, 0.29) is 154 Å². The fourth-order valence-corrected chi connectivity index (χ4v) is 10.3. The van der Waals surface area contributed by atoms with Crippen LogP contribution in [0.3, 0.4) is 0 Å². The van der Waals surface area contributed by atoms with Crippen molar-refractivity contribution >= 4 is 176 Å². The number of anilines is 5. The van der Waals surface area contributed by atoms with E-state index in [2.05, 4.69) is 143 Å². The molecule has 0 saturated carbocycles. The quantitative estimate of drug-likeness (QED) is 0.00544. The number of imidazole rings is 1. The molecule has 0 aliphatic heterocycles. The Morgan fingerprint density at radius 3 is 1.28 bits per heavy atom. The molecular formula is C69H75CoN35O21S4. The number of benzene rings is 5. The maximum absolute atomic E-state index is 10.9. The second-order valence-corrected chi connectivity index (χ2v) is 26.4. The number of aromatic nitrogens is 7. The summed E-state index contributed by atoms with van der Waals surface area (Å²) in [5, 5.41) is 184. The normalized spacial score (nSPS) is 12.3. The summed E-state index contributed by atoms with van der Waals surface area (Å²) >= 11 is 3.17. The second kappa shape index (κ2) is 58.3. The van der Waals surface area contributed by atoms with Crippen LogP contribution in [-0.4, -0.2) is 140 Å². The van der Waals surface area contributed by atoms with Crippen molar-refractivity contribution in [3.8, 4) is 34.5 Å². The van der Waals surface area contributed by atoms with E-state index >= 15 is 0 Å². The zero-order valence-corrected chi connectivity index (χ0v) is 70.9. The van der Waals surface area contributed by atoms with Crippen LogP contribution in [0.1, 0.15) is 0 Å². The Kier molecular flexibility index (Phi) is 49.5. The van der Waals surface area contributed by atoms with Gasteiger partial charge in [-0.2, -0.15) is 10.2 Å². The van der Waals surface area contributed by atoms with E-state index in [0.29, 0.717) is 5.13 Å². The number of azo groups is 4. The number of hydrazine groups is 1. The first kappa shape index (κ1) is 110. The summed E-state index contributed by atoms with van der Waals surface area (Å²) in [5.74, 6) is 13.6. The van der Waals surface area contributed by atoms with Gasteiger partial charge >= 0.3 is 26.0 Å². The third kappa shape index (κ3) is 39.2. The molecule has 13 rings (SSSR count). The van der Waals surface area contributed by atoms with Crippen LogP contribution >= 0.6 is 45.3 Å². The minimum Gasteiger partial charge on any atom is -0.508 e. The minimum absolute atomic E-state index is 0. The number of aryl methyl sites for hydroxylation is 3. The van der Waals surface area contributed by atoms with Gasteiger partial charge in [0.15, 0.2) is 11.6 Å². The molecule has 0 fully saturated rings. The van der Waals surface area contributed by atoms with Crippen LogP contribution in [-0.2, 0) is 47.5 Å². The average molecular weight is 1920 g/mol. The van der Waals surface area contributed by atoms with Gasteiger partial charge in [0.05, 0.1) is 59.4 Å². The van der Waals surface area contributed by atoms with E-state index in [0.717, 1.165) is 160 Å². The number of nitrogen functional groups attached to an aromatic ring is 1. The Morgan fingerprint density at radius 2 is 0.923 bits per heavy atom. The van der Waals surface area contributed by atoms with Gasteiger partial charge in [-0.05, 0) is 138 Å². The number of aromatic hydroxyl groups is 6. The molecule has 29 N–H and O–H groups in total. The molecule has 5 aromatic carbocycles. The molecule has 61 heteroatoms. The standard InChI is InChI=1S/C23H23N7.3C9H6N4O4S.2C7H7N3O2.C3H4N4O2S.2CH5N3.Co.3H2O/c1-28-15-5-4-6-22(28)25-20-9-7-18(8-10-20)24-19-11-13-21(14-12-19)26-27-23-29(2)16-17-30(23)3;3*14-5-1-2-6(7(15)3-5)11-12-9-10-4-8(18-9)13(16)17;2*8-4-9-10-6-2-1-5(11)3-7(6)12;4-6-3-5-1-2(10-3)7(8)9;2*2-1-4-3;;;;/h4-17H,1-3H3;2*1-4H,(H2,10,12,14,15);1-4,14-15H;2*1-4,8,11-12H;1H,4H2,(H,5,6);2*1H,3H2,(H2,2,4);;3*1H2. The first-order valence-corrected chi connectivity index (χ1v) is 37.0. The molecule has 56 nitrogen and oxygen atoms in total. The van der Waals surface area contributed by atoms with Crippen molar-refractivity contribution in [2.24, 2.45) is 122 Å². The third-order valence-electron chi connectivity index (χ3n) is 13.7. The number of ketones is 2. The van der Waals surface area contributed by atoms with Gasteiger partial charge in [-0.15, -0.1) is 30.7 Å². The maximum Gasteiger partial charge on any atom is 0.421 e. The summed E-state index contributed by atoms with van der Waals surface area (Å²) in [6.45, 7) is 0. The van der Waals surface area contributed by atoms with E-state index in [4.69, 9.17) is 42.2 Å². The molecule has 0 spiro atoms. The van der Waals surface area contributed by atoms with E-state index < -0.39 is 19.7 Å². The molecule has 130 heavy (non-hydrogen) atoms. The summed E-state index contributed by atoms with van der Waals surface area (Å²) in [6, 6.07) is 33.8. The number of rotatable bonds is 19. The Morgan fingerprint density at radius 1 is 0.508 bits per heavy atom. The monoisotopic (exact) mass is 1920 g/mol. The van der Waals surface area contributed by atoms with Gasteiger partial charge in [0.2, 0.25) is 10.3 Å². The van der Waals surface area contributed by atoms with Crippen molar-refractivity contribution in [3.63, 3.8) is 0 Å². The zero-order chi connectivity index (χ0) is 92.6. The summed E-state index contributed by atoms with van der Waals surface area (Å²) in [7, 11) is 5.91. The van der Waals surface area contributed by atoms with Crippen molar-refractivity contribution in [3.05, 3.63) is 263 Å². The molecule has 1 radical (unpaired) electrons. The molecule has 0 atom stereocenters. The van der Waals surface area contributed by atoms with Crippen LogP contribution in [0.2, 0.25) is 0 Å². The van der Waals surface area contributed by atoms with Crippen LogP contribution < -0.4 is 73.8 Å². The van der Waals surface area contributed by atoms with Crippen LogP contribution in [0, 0.1) is 51.3 Å². The number of hydrogen-bond donors (Lipinski definition) is 18. The molecular weight excluding hydrogens is 1840 g/mol. The maximum atomic E-state index is 10.9. The Bertz CT molecular complexity index is 5940. The van der Waals surface area contributed by atoms with Crippen LogP contribution in [0.15, 0.2) is 284 Å². The molecule has 2 aliphatic carbocycles. The predicted molar refractivity (Wildman–Crippen MR) is 472 cm³/mol. The minimum atomic E-state index is -0.583. The predicted octanol–water partition coefficient (Wildman–Crippen LogP) is 7.49. The first-order valence-electron chi connectivity index (χ1n) is 33.8. The number of nitrogens with zero attached hydrogens (tertiary/aromatic N) is 25. The van der Waals surface area contributed by atoms with Crippen molar-refractivity contribution in [2.75, 3.05) is 16.1 Å². The van der Waals surface area contributed by atoms with Gasteiger partial charge in [-0.3, -0.25) is 76.5 Å². The number of allylic oxidation sites excluding steroid dienone is 6. The van der Waals surface area contributed by atoms with Gasteiger partial charge < -0.3 is 106 Å². The summed E-state index contributed by atoms with van der Waals surface area (Å²) in [6.07, 6.45) is 20.9.